The van der Waals surface area contributed by atoms with Gasteiger partial charge in [0.2, 0.25) is 11.8 Å². The number of hydrogen-bond donors (Lipinski definition) is 1. The molecule has 9 nitrogen and oxygen atoms in total. The van der Waals surface area contributed by atoms with Crippen LogP contribution in [0.5, 0.6) is 5.88 Å². The van der Waals surface area contributed by atoms with Gasteiger partial charge in [-0.2, -0.15) is 5.06 Å². The van der Waals surface area contributed by atoms with Crippen LogP contribution in [-0.2, 0) is 27.2 Å². The molecule has 1 N–H and O–H groups in total. The minimum atomic E-state index is -1.73. The van der Waals surface area contributed by atoms with E-state index in [2.05, 4.69) is 9.97 Å². The van der Waals surface area contributed by atoms with Crippen molar-refractivity contribution in [3.63, 3.8) is 0 Å². The summed E-state index contributed by atoms with van der Waals surface area (Å²) in [6.07, 6.45) is 2.54. The van der Waals surface area contributed by atoms with Crippen LogP contribution in [-0.4, -0.2) is 46.6 Å². The molecule has 1 aliphatic rings. The van der Waals surface area contributed by atoms with Gasteiger partial charge in [0.15, 0.2) is 11.6 Å². The van der Waals surface area contributed by atoms with Crippen LogP contribution >= 0.6 is 0 Å². The van der Waals surface area contributed by atoms with Crippen LogP contribution in [0.15, 0.2) is 30.5 Å². The first-order chi connectivity index (χ1) is 13.5. The van der Waals surface area contributed by atoms with E-state index in [0.717, 1.165) is 5.69 Å². The van der Waals surface area contributed by atoms with E-state index in [4.69, 9.17) is 9.47 Å². The number of ether oxygens (including phenoxy) is 2. The van der Waals surface area contributed by atoms with Gasteiger partial charge < -0.3 is 9.47 Å². The molecule has 0 spiro atoms. The largest absolute Gasteiger partial charge is 0.481 e. The van der Waals surface area contributed by atoms with Gasteiger partial charge in [-0.05, 0) is 37.5 Å². The highest BCUT2D eigenvalue weighted by Crippen LogP contribution is 2.29. The van der Waals surface area contributed by atoms with E-state index < -0.39 is 23.6 Å². The van der Waals surface area contributed by atoms with Gasteiger partial charge >= 0.3 is 5.97 Å². The number of methoxy groups -OCH3 is 1. The number of amides is 1. The maximum Gasteiger partial charge on any atom is 0.326 e. The average molecular weight is 385 g/mol. The first-order valence-electron chi connectivity index (χ1n) is 8.68. The van der Waals surface area contributed by atoms with Crippen molar-refractivity contribution < 1.29 is 29.1 Å². The Morgan fingerprint density at radius 3 is 2.79 bits per heavy atom. The lowest BCUT2D eigenvalue weighted by atomic mass is 9.92. The number of rotatable bonds is 6. The molecule has 0 fully saturated rings. The Labute approximate surface area is 160 Å². The Morgan fingerprint density at radius 2 is 2.07 bits per heavy atom. The molecular weight excluding hydrogens is 366 g/mol. The molecule has 0 aliphatic carbocycles. The summed E-state index contributed by atoms with van der Waals surface area (Å²) in [5.41, 5.74) is 1.49. The van der Waals surface area contributed by atoms with Crippen LogP contribution in [0, 0.1) is 5.92 Å². The van der Waals surface area contributed by atoms with Crippen LogP contribution < -0.4 is 9.80 Å². The fraction of sp³-hybridized carbons (Fsp3) is 0.316. The summed E-state index contributed by atoms with van der Waals surface area (Å²) in [6.45, 7) is 1.58. The van der Waals surface area contributed by atoms with Gasteiger partial charge in [0, 0.05) is 18.0 Å². The third kappa shape index (κ3) is 3.70. The smallest absolute Gasteiger partial charge is 0.326 e. The highest BCUT2D eigenvalue weighted by molar-refractivity contribution is 6.29. The molecule has 0 aromatic carbocycles. The van der Waals surface area contributed by atoms with Crippen molar-refractivity contribution in [1.82, 2.24) is 9.97 Å². The molecule has 2 aromatic heterocycles. The highest BCUT2D eigenvalue weighted by Gasteiger charge is 2.45. The molecule has 28 heavy (non-hydrogen) atoms. The number of aromatic nitrogens is 2. The van der Waals surface area contributed by atoms with Gasteiger partial charge in [0.1, 0.15) is 0 Å². The second-order valence-electron chi connectivity index (χ2n) is 6.09. The number of anilines is 1. The number of Topliss-reactive ketones (excluding diaryl/α,β-unsaturated/α-hetero) is 1. The lowest BCUT2D eigenvalue weighted by molar-refractivity contribution is -0.150. The third-order valence-electron chi connectivity index (χ3n) is 4.29. The van der Waals surface area contributed by atoms with Crippen molar-refractivity contribution in [1.29, 1.82) is 0 Å². The predicted octanol–water partition coefficient (Wildman–Crippen LogP) is 1.37. The average Bonchev–Trinajstić information content (AvgIpc) is 2.71. The normalized spacial score (nSPS) is 16.0. The fourth-order valence-corrected chi connectivity index (χ4v) is 2.90. The van der Waals surface area contributed by atoms with E-state index in [1.807, 2.05) is 12.1 Å². The molecule has 0 saturated heterocycles. The molecule has 1 aliphatic heterocycles. The minimum Gasteiger partial charge on any atom is -0.481 e. The molecule has 0 radical (unpaired) electrons. The fourth-order valence-electron chi connectivity index (χ4n) is 2.90. The second kappa shape index (κ2) is 8.13. The minimum absolute atomic E-state index is 0.00347. The van der Waals surface area contributed by atoms with Crippen LogP contribution in [0.4, 0.5) is 5.82 Å². The molecular formula is C19H19N3O6. The molecule has 3 rings (SSSR count). The molecule has 0 saturated carbocycles. The molecule has 1 unspecified atom stereocenters. The topological polar surface area (TPSA) is 119 Å². The zero-order valence-corrected chi connectivity index (χ0v) is 15.4. The number of pyridine rings is 2. The Morgan fingerprint density at radius 1 is 1.29 bits per heavy atom. The molecule has 9 heteroatoms. The monoisotopic (exact) mass is 385 g/mol. The second-order valence-corrected chi connectivity index (χ2v) is 6.09. The molecule has 146 valence electrons. The van der Waals surface area contributed by atoms with Gasteiger partial charge in [0.05, 0.1) is 19.3 Å². The summed E-state index contributed by atoms with van der Waals surface area (Å²) in [4.78, 5) is 45.2. The van der Waals surface area contributed by atoms with Crippen molar-refractivity contribution >= 4 is 23.5 Å². The molecule has 3 heterocycles. The first-order valence-corrected chi connectivity index (χ1v) is 8.68. The number of carbonyl (C=O) groups is 3. The summed E-state index contributed by atoms with van der Waals surface area (Å²) < 4.78 is 9.88. The summed E-state index contributed by atoms with van der Waals surface area (Å²) >= 11 is 0. The lowest BCUT2D eigenvalue weighted by Crippen LogP contribution is -2.47. The summed E-state index contributed by atoms with van der Waals surface area (Å²) in [5, 5.41) is 10.3. The van der Waals surface area contributed by atoms with E-state index in [1.165, 1.54) is 19.4 Å². The Bertz CT molecular complexity index is 930. The number of hydrogen-bond acceptors (Lipinski definition) is 8. The van der Waals surface area contributed by atoms with Gasteiger partial charge in [0.25, 0.3) is 5.91 Å². The zero-order valence-electron chi connectivity index (χ0n) is 15.4. The standard InChI is InChI=1S/C19H19N3O6/c1-3-28-19(25)15-16(23)13-9-11(10-20-17(13)22(26)18(15)24)7-8-12-5-4-6-14(21-12)27-2/h4-6,9-10,15,26H,3,7-8H2,1-2H3. The Hall–Kier alpha value is -3.33. The van der Waals surface area contributed by atoms with Crippen LogP contribution in [0.1, 0.15) is 28.5 Å². The van der Waals surface area contributed by atoms with Gasteiger partial charge in [-0.3, -0.25) is 19.6 Å². The maximum atomic E-state index is 12.7. The van der Waals surface area contributed by atoms with Gasteiger partial charge in [-0.15, -0.1) is 0 Å². The third-order valence-corrected chi connectivity index (χ3v) is 4.29. The molecule has 2 aromatic rings. The van der Waals surface area contributed by atoms with Crippen LogP contribution in [0.3, 0.4) is 0 Å². The lowest BCUT2D eigenvalue weighted by Gasteiger charge is -2.26. The van der Waals surface area contributed by atoms with Crippen molar-refractivity contribution in [2.45, 2.75) is 19.8 Å². The summed E-state index contributed by atoms with van der Waals surface area (Å²) in [6, 6.07) is 6.94. The molecule has 1 amide bonds. The number of hydroxylamine groups is 1. The van der Waals surface area contributed by atoms with Crippen LogP contribution in [0.25, 0.3) is 0 Å². The molecule has 1 atom stereocenters. The van der Waals surface area contributed by atoms with Crippen molar-refractivity contribution in [2.75, 3.05) is 18.8 Å². The number of fused-ring (bicyclic) bond motifs is 1. The quantitative estimate of drug-likeness (QED) is 0.450. The number of ketones is 1. The van der Waals surface area contributed by atoms with E-state index in [1.54, 1.807) is 13.0 Å². The number of aryl methyl sites for hydroxylation is 2. The van der Waals surface area contributed by atoms with E-state index in [-0.39, 0.29) is 23.1 Å². The van der Waals surface area contributed by atoms with Gasteiger partial charge in [-0.1, -0.05) is 6.07 Å². The molecule has 0 bridgehead atoms. The van der Waals surface area contributed by atoms with E-state index in [0.29, 0.717) is 24.3 Å². The Kier molecular flexibility index (Phi) is 5.65. The number of esters is 1. The van der Waals surface area contributed by atoms with Crippen LogP contribution in [0.2, 0.25) is 0 Å². The number of carbonyl (C=O) groups excluding carboxylic acids is 3. The van der Waals surface area contributed by atoms with Gasteiger partial charge in [-0.25, -0.2) is 9.97 Å². The summed E-state index contributed by atoms with van der Waals surface area (Å²) in [7, 11) is 1.53. The Balaban J connectivity index is 1.84. The van der Waals surface area contributed by atoms with E-state index >= 15 is 0 Å². The predicted molar refractivity (Wildman–Crippen MR) is 96.2 cm³/mol. The number of nitrogens with zero attached hydrogens (tertiary/aromatic N) is 3. The first kappa shape index (κ1) is 19.4. The van der Waals surface area contributed by atoms with Crippen molar-refractivity contribution in [2.24, 2.45) is 5.92 Å². The van der Waals surface area contributed by atoms with E-state index in [9.17, 15) is 19.6 Å². The summed E-state index contributed by atoms with van der Waals surface area (Å²) in [5.74, 6) is -4.22. The van der Waals surface area contributed by atoms with Crippen molar-refractivity contribution in [3.05, 3.63) is 47.3 Å². The SMILES string of the molecule is CCOC(=O)C1C(=O)c2cc(CCc3cccc(OC)n3)cnc2N(O)C1=O. The highest BCUT2D eigenvalue weighted by atomic mass is 16.5. The zero-order chi connectivity index (χ0) is 20.3. The van der Waals surface area contributed by atoms with Crippen molar-refractivity contribution in [3.8, 4) is 5.88 Å². The maximum absolute atomic E-state index is 12.7.